The van der Waals surface area contributed by atoms with Gasteiger partial charge in [-0.25, -0.2) is 4.39 Å². The van der Waals surface area contributed by atoms with E-state index in [9.17, 15) is 22.4 Å². The molecule has 3 nitrogen and oxygen atoms in total. The van der Waals surface area contributed by atoms with Crippen LogP contribution in [0.15, 0.2) is 42.5 Å². The normalized spacial score (nSPS) is 15.3. The number of carbonyl (C=O) groups excluding carboxylic acids is 1. The minimum absolute atomic E-state index is 0.106. The van der Waals surface area contributed by atoms with E-state index in [0.717, 1.165) is 18.2 Å². The molecule has 1 heterocycles. The van der Waals surface area contributed by atoms with Gasteiger partial charge in [0.15, 0.2) is 0 Å². The van der Waals surface area contributed by atoms with Crippen molar-refractivity contribution < 1.29 is 22.4 Å². The highest BCUT2D eigenvalue weighted by molar-refractivity contribution is 6.31. The van der Waals surface area contributed by atoms with Gasteiger partial charge in [-0.15, -0.1) is 0 Å². The summed E-state index contributed by atoms with van der Waals surface area (Å²) in [4.78, 5) is 15.7. The summed E-state index contributed by atoms with van der Waals surface area (Å²) in [6, 6.07) is 8.84. The minimum Gasteiger partial charge on any atom is -0.368 e. The van der Waals surface area contributed by atoms with Crippen LogP contribution in [0, 0.1) is 5.82 Å². The number of nitrogens with zero attached hydrogens (tertiary/aromatic N) is 2. The molecule has 0 aliphatic carbocycles. The minimum atomic E-state index is -4.40. The van der Waals surface area contributed by atoms with Crippen molar-refractivity contribution in [3.63, 3.8) is 0 Å². The number of piperazine rings is 1. The molecule has 0 aromatic heterocycles. The van der Waals surface area contributed by atoms with E-state index < -0.39 is 23.5 Å². The van der Waals surface area contributed by atoms with Crippen molar-refractivity contribution in [2.75, 3.05) is 31.1 Å². The Bertz CT molecular complexity index is 817. The summed E-state index contributed by atoms with van der Waals surface area (Å²) in [6.07, 6.45) is -4.40. The largest absolute Gasteiger partial charge is 0.416 e. The Labute approximate surface area is 152 Å². The van der Waals surface area contributed by atoms with E-state index in [1.807, 2.05) is 0 Å². The molecule has 0 spiro atoms. The molecule has 1 aliphatic rings. The zero-order valence-electron chi connectivity index (χ0n) is 13.6. The van der Waals surface area contributed by atoms with Crippen molar-refractivity contribution in [3.8, 4) is 0 Å². The number of carbonyl (C=O) groups is 1. The standard InChI is InChI=1S/C18H15ClF4N2O/c19-13-4-5-16(20)15(11-13)17(26)25-8-6-24(7-9-25)14-3-1-2-12(10-14)18(21,22)23/h1-5,10-11H,6-9H2. The summed E-state index contributed by atoms with van der Waals surface area (Å²) >= 11 is 5.82. The third kappa shape index (κ3) is 3.93. The number of hydrogen-bond acceptors (Lipinski definition) is 2. The smallest absolute Gasteiger partial charge is 0.368 e. The van der Waals surface area contributed by atoms with Gasteiger partial charge >= 0.3 is 6.18 Å². The highest BCUT2D eigenvalue weighted by Crippen LogP contribution is 2.32. The summed E-state index contributed by atoms with van der Waals surface area (Å²) < 4.78 is 52.4. The maximum absolute atomic E-state index is 13.8. The monoisotopic (exact) mass is 386 g/mol. The van der Waals surface area contributed by atoms with E-state index in [4.69, 9.17) is 11.6 Å². The predicted molar refractivity (Wildman–Crippen MR) is 91.0 cm³/mol. The van der Waals surface area contributed by atoms with E-state index in [-0.39, 0.29) is 23.7 Å². The second kappa shape index (κ2) is 7.15. The zero-order chi connectivity index (χ0) is 18.9. The predicted octanol–water partition coefficient (Wildman–Crippen LogP) is 4.46. The maximum atomic E-state index is 13.8. The van der Waals surface area contributed by atoms with Crippen LogP contribution in [-0.2, 0) is 6.18 Å². The average molecular weight is 387 g/mol. The Morgan fingerprint density at radius 3 is 2.35 bits per heavy atom. The van der Waals surface area contributed by atoms with Crippen LogP contribution in [0.5, 0.6) is 0 Å². The first-order chi connectivity index (χ1) is 12.3. The van der Waals surface area contributed by atoms with Crippen LogP contribution >= 0.6 is 11.6 Å². The number of benzene rings is 2. The molecule has 0 atom stereocenters. The second-order valence-corrected chi connectivity index (χ2v) is 6.39. The highest BCUT2D eigenvalue weighted by Gasteiger charge is 2.31. The molecule has 2 aromatic carbocycles. The fourth-order valence-electron chi connectivity index (χ4n) is 2.88. The van der Waals surface area contributed by atoms with E-state index in [1.165, 1.54) is 23.1 Å². The van der Waals surface area contributed by atoms with E-state index in [1.54, 1.807) is 11.0 Å². The number of anilines is 1. The lowest BCUT2D eigenvalue weighted by molar-refractivity contribution is -0.137. The van der Waals surface area contributed by atoms with Crippen LogP contribution < -0.4 is 4.90 Å². The fraction of sp³-hybridized carbons (Fsp3) is 0.278. The summed E-state index contributed by atoms with van der Waals surface area (Å²) in [6.45, 7) is 1.27. The Kier molecular flexibility index (Phi) is 5.09. The van der Waals surface area contributed by atoms with Gasteiger partial charge in [0.2, 0.25) is 0 Å². The van der Waals surface area contributed by atoms with Gasteiger partial charge in [-0.1, -0.05) is 17.7 Å². The zero-order valence-corrected chi connectivity index (χ0v) is 14.3. The molecule has 3 rings (SSSR count). The molecular weight excluding hydrogens is 372 g/mol. The molecule has 138 valence electrons. The topological polar surface area (TPSA) is 23.6 Å². The molecule has 0 bridgehead atoms. The number of hydrogen-bond donors (Lipinski definition) is 0. The number of halogens is 5. The molecule has 1 amide bonds. The number of rotatable bonds is 2. The molecule has 0 saturated carbocycles. The quantitative estimate of drug-likeness (QED) is 0.711. The van der Waals surface area contributed by atoms with Crippen molar-refractivity contribution in [2.45, 2.75) is 6.18 Å². The summed E-state index contributed by atoms with van der Waals surface area (Å²) in [7, 11) is 0. The van der Waals surface area contributed by atoms with Gasteiger partial charge in [0.25, 0.3) is 5.91 Å². The van der Waals surface area contributed by atoms with Crippen LogP contribution in [0.4, 0.5) is 23.2 Å². The lowest BCUT2D eigenvalue weighted by atomic mass is 10.1. The van der Waals surface area contributed by atoms with Gasteiger partial charge in [0.05, 0.1) is 11.1 Å². The number of amides is 1. The Balaban J connectivity index is 1.70. The van der Waals surface area contributed by atoms with Gasteiger partial charge in [-0.3, -0.25) is 4.79 Å². The molecule has 1 aliphatic heterocycles. The van der Waals surface area contributed by atoms with E-state index >= 15 is 0 Å². The summed E-state index contributed by atoms with van der Waals surface area (Å²) in [5.41, 5.74) is -0.375. The van der Waals surface area contributed by atoms with Crippen LogP contribution in [0.1, 0.15) is 15.9 Å². The van der Waals surface area contributed by atoms with Crippen LogP contribution in [-0.4, -0.2) is 37.0 Å². The van der Waals surface area contributed by atoms with Gasteiger partial charge in [0, 0.05) is 36.9 Å². The highest BCUT2D eigenvalue weighted by atomic mass is 35.5. The molecule has 0 radical (unpaired) electrons. The summed E-state index contributed by atoms with van der Waals surface area (Å²) in [5.74, 6) is -1.13. The Morgan fingerprint density at radius 2 is 1.69 bits per heavy atom. The number of alkyl halides is 3. The van der Waals surface area contributed by atoms with Crippen molar-refractivity contribution in [3.05, 3.63) is 64.4 Å². The van der Waals surface area contributed by atoms with Crippen molar-refractivity contribution >= 4 is 23.2 Å². The molecule has 0 unspecified atom stereocenters. The fourth-order valence-corrected chi connectivity index (χ4v) is 3.05. The van der Waals surface area contributed by atoms with Crippen LogP contribution in [0.3, 0.4) is 0 Å². The third-order valence-electron chi connectivity index (χ3n) is 4.26. The average Bonchev–Trinajstić information content (AvgIpc) is 2.63. The van der Waals surface area contributed by atoms with Gasteiger partial charge < -0.3 is 9.80 Å². The van der Waals surface area contributed by atoms with Crippen LogP contribution in [0.2, 0.25) is 5.02 Å². The molecule has 1 saturated heterocycles. The molecule has 1 fully saturated rings. The Morgan fingerprint density at radius 1 is 1.00 bits per heavy atom. The molecule has 8 heteroatoms. The maximum Gasteiger partial charge on any atom is 0.416 e. The van der Waals surface area contributed by atoms with Crippen LogP contribution in [0.25, 0.3) is 0 Å². The van der Waals surface area contributed by atoms with Crippen molar-refractivity contribution in [1.82, 2.24) is 4.90 Å². The SMILES string of the molecule is O=C(c1cc(Cl)ccc1F)N1CCN(c2cccc(C(F)(F)F)c2)CC1. The third-order valence-corrected chi connectivity index (χ3v) is 4.50. The van der Waals surface area contributed by atoms with Gasteiger partial charge in [-0.2, -0.15) is 13.2 Å². The molecule has 26 heavy (non-hydrogen) atoms. The summed E-state index contributed by atoms with van der Waals surface area (Å²) in [5, 5.41) is 0.261. The molecule has 0 N–H and O–H groups in total. The Hall–Kier alpha value is -2.28. The first kappa shape index (κ1) is 18.5. The van der Waals surface area contributed by atoms with E-state index in [2.05, 4.69) is 0 Å². The lowest BCUT2D eigenvalue weighted by Crippen LogP contribution is -2.49. The second-order valence-electron chi connectivity index (χ2n) is 5.95. The van der Waals surface area contributed by atoms with Crippen molar-refractivity contribution in [2.24, 2.45) is 0 Å². The van der Waals surface area contributed by atoms with Gasteiger partial charge in [-0.05, 0) is 36.4 Å². The lowest BCUT2D eigenvalue weighted by Gasteiger charge is -2.36. The molecular formula is C18H15ClF4N2O. The van der Waals surface area contributed by atoms with Gasteiger partial charge in [0.1, 0.15) is 5.82 Å². The van der Waals surface area contributed by atoms with Crippen molar-refractivity contribution in [1.29, 1.82) is 0 Å². The first-order valence-corrected chi connectivity index (χ1v) is 8.30. The van der Waals surface area contributed by atoms with E-state index in [0.29, 0.717) is 18.8 Å². The molecule has 2 aromatic rings. The first-order valence-electron chi connectivity index (χ1n) is 7.92.